The average Bonchev–Trinajstić information content (AvgIpc) is 2.87. The van der Waals surface area contributed by atoms with E-state index in [0.29, 0.717) is 16.7 Å². The number of halogens is 1. The molecule has 1 atom stereocenters. The second-order valence-electron chi connectivity index (χ2n) is 6.37. The summed E-state index contributed by atoms with van der Waals surface area (Å²) in [5, 5.41) is 19.2. The Labute approximate surface area is 150 Å². The van der Waals surface area contributed by atoms with Crippen molar-refractivity contribution < 1.29 is 23.0 Å². The SMILES string of the molecule is O=S1(=O)CC(c2ccc(O)cc2)(c2ccc(O)c(F)c2)c2ccccc21. The lowest BCUT2D eigenvalue weighted by atomic mass is 9.71. The van der Waals surface area contributed by atoms with Gasteiger partial charge in [0.2, 0.25) is 0 Å². The molecule has 0 aromatic heterocycles. The zero-order valence-corrected chi connectivity index (χ0v) is 14.4. The molecule has 132 valence electrons. The van der Waals surface area contributed by atoms with Crippen LogP contribution in [0.2, 0.25) is 0 Å². The molecule has 1 heterocycles. The van der Waals surface area contributed by atoms with Crippen LogP contribution in [-0.2, 0) is 15.3 Å². The molecule has 0 spiro atoms. The molecule has 1 unspecified atom stereocenters. The molecule has 0 fully saturated rings. The lowest BCUT2D eigenvalue weighted by molar-refractivity contribution is 0.431. The van der Waals surface area contributed by atoms with Crippen LogP contribution >= 0.6 is 0 Å². The van der Waals surface area contributed by atoms with Gasteiger partial charge in [0.25, 0.3) is 0 Å². The molecule has 0 aliphatic carbocycles. The normalized spacial score (nSPS) is 20.7. The van der Waals surface area contributed by atoms with E-state index in [0.717, 1.165) is 0 Å². The summed E-state index contributed by atoms with van der Waals surface area (Å²) in [4.78, 5) is 0.210. The van der Waals surface area contributed by atoms with Crippen molar-refractivity contribution >= 4 is 9.84 Å². The van der Waals surface area contributed by atoms with Crippen LogP contribution in [-0.4, -0.2) is 24.4 Å². The van der Waals surface area contributed by atoms with Crippen LogP contribution in [0, 0.1) is 5.82 Å². The monoisotopic (exact) mass is 370 g/mol. The molecule has 0 saturated heterocycles. The summed E-state index contributed by atoms with van der Waals surface area (Å²) in [7, 11) is -3.59. The number of hydrogen-bond acceptors (Lipinski definition) is 4. The topological polar surface area (TPSA) is 74.6 Å². The van der Waals surface area contributed by atoms with Gasteiger partial charge in [-0.15, -0.1) is 0 Å². The van der Waals surface area contributed by atoms with E-state index in [1.807, 2.05) is 0 Å². The van der Waals surface area contributed by atoms with Gasteiger partial charge in [-0.25, -0.2) is 12.8 Å². The fourth-order valence-corrected chi connectivity index (χ4v) is 5.77. The van der Waals surface area contributed by atoms with E-state index in [9.17, 15) is 23.0 Å². The maximum Gasteiger partial charge on any atom is 0.180 e. The number of sulfone groups is 1. The first kappa shape index (κ1) is 16.6. The quantitative estimate of drug-likeness (QED) is 0.725. The fourth-order valence-electron chi connectivity index (χ4n) is 3.69. The van der Waals surface area contributed by atoms with Crippen LogP contribution in [0.15, 0.2) is 71.6 Å². The van der Waals surface area contributed by atoms with Gasteiger partial charge in [-0.2, -0.15) is 0 Å². The van der Waals surface area contributed by atoms with E-state index >= 15 is 0 Å². The largest absolute Gasteiger partial charge is 0.508 e. The van der Waals surface area contributed by atoms with E-state index in [1.165, 1.54) is 30.3 Å². The Kier molecular flexibility index (Phi) is 3.56. The molecular weight excluding hydrogens is 355 g/mol. The number of benzene rings is 3. The summed E-state index contributed by atoms with van der Waals surface area (Å²) in [6.07, 6.45) is 0. The van der Waals surface area contributed by atoms with Crippen molar-refractivity contribution in [3.05, 3.63) is 89.2 Å². The lowest BCUT2D eigenvalue weighted by Crippen LogP contribution is -2.31. The number of phenolic OH excluding ortho intramolecular Hbond substituents is 2. The summed E-state index contributed by atoms with van der Waals surface area (Å²) >= 11 is 0. The van der Waals surface area contributed by atoms with Gasteiger partial charge < -0.3 is 10.2 Å². The second kappa shape index (κ2) is 5.57. The van der Waals surface area contributed by atoms with Crippen molar-refractivity contribution in [1.82, 2.24) is 0 Å². The van der Waals surface area contributed by atoms with Gasteiger partial charge in [-0.3, -0.25) is 0 Å². The van der Waals surface area contributed by atoms with Gasteiger partial charge >= 0.3 is 0 Å². The molecule has 4 rings (SSSR count). The molecule has 26 heavy (non-hydrogen) atoms. The Morgan fingerprint density at radius 1 is 0.885 bits per heavy atom. The summed E-state index contributed by atoms with van der Waals surface area (Å²) in [5.41, 5.74) is 0.467. The first-order valence-electron chi connectivity index (χ1n) is 7.95. The Bertz CT molecular complexity index is 1110. The third-order valence-electron chi connectivity index (χ3n) is 4.89. The van der Waals surface area contributed by atoms with E-state index in [2.05, 4.69) is 0 Å². The highest BCUT2D eigenvalue weighted by Crippen LogP contribution is 2.49. The van der Waals surface area contributed by atoms with Crippen LogP contribution in [0.3, 0.4) is 0 Å². The number of rotatable bonds is 2. The Balaban J connectivity index is 2.10. The third-order valence-corrected chi connectivity index (χ3v) is 6.73. The highest BCUT2D eigenvalue weighted by Gasteiger charge is 2.49. The molecule has 0 saturated carbocycles. The Morgan fingerprint density at radius 2 is 1.54 bits per heavy atom. The number of hydrogen-bond donors (Lipinski definition) is 2. The van der Waals surface area contributed by atoms with Gasteiger partial charge in [0.15, 0.2) is 21.4 Å². The van der Waals surface area contributed by atoms with Crippen molar-refractivity contribution in [2.45, 2.75) is 10.3 Å². The maximum absolute atomic E-state index is 14.1. The van der Waals surface area contributed by atoms with Crippen LogP contribution in [0.4, 0.5) is 4.39 Å². The predicted octanol–water partition coefficient (Wildman–Crippen LogP) is 3.36. The van der Waals surface area contributed by atoms with E-state index < -0.39 is 26.8 Å². The summed E-state index contributed by atoms with van der Waals surface area (Å²) in [6, 6.07) is 16.8. The molecule has 0 amide bonds. The zero-order chi connectivity index (χ0) is 18.5. The summed E-state index contributed by atoms with van der Waals surface area (Å²) in [5.74, 6) is -1.52. The van der Waals surface area contributed by atoms with E-state index in [4.69, 9.17) is 0 Å². The minimum atomic E-state index is -3.59. The van der Waals surface area contributed by atoms with Gasteiger partial charge in [-0.1, -0.05) is 36.4 Å². The molecule has 1 aliphatic rings. The molecule has 0 radical (unpaired) electrons. The second-order valence-corrected chi connectivity index (χ2v) is 8.33. The van der Waals surface area contributed by atoms with Crippen LogP contribution in [0.5, 0.6) is 11.5 Å². The van der Waals surface area contributed by atoms with E-state index in [1.54, 1.807) is 36.4 Å². The lowest BCUT2D eigenvalue weighted by Gasteiger charge is -2.31. The number of phenols is 2. The van der Waals surface area contributed by atoms with Crippen molar-refractivity contribution in [3.8, 4) is 11.5 Å². The zero-order valence-electron chi connectivity index (χ0n) is 13.6. The minimum Gasteiger partial charge on any atom is -0.508 e. The maximum atomic E-state index is 14.1. The molecule has 4 nitrogen and oxygen atoms in total. The molecule has 2 N–H and O–H groups in total. The summed E-state index contributed by atoms with van der Waals surface area (Å²) < 4.78 is 39.8. The molecule has 1 aliphatic heterocycles. The Morgan fingerprint density at radius 3 is 2.23 bits per heavy atom. The molecule has 0 bridgehead atoms. The standard InChI is InChI=1S/C20H15FO4S/c21-17-11-14(7-10-18(17)23)20(13-5-8-15(22)9-6-13)12-26(24,25)19-4-2-1-3-16(19)20/h1-11,22-23H,12H2. The van der Waals surface area contributed by atoms with Gasteiger partial charge in [0.1, 0.15) is 5.75 Å². The first-order chi connectivity index (χ1) is 12.3. The smallest absolute Gasteiger partial charge is 0.180 e. The van der Waals surface area contributed by atoms with Gasteiger partial charge in [0.05, 0.1) is 16.1 Å². The molecular formula is C20H15FO4S. The van der Waals surface area contributed by atoms with Crippen molar-refractivity contribution in [3.63, 3.8) is 0 Å². The van der Waals surface area contributed by atoms with Crippen molar-refractivity contribution in [2.75, 3.05) is 5.75 Å². The number of fused-ring (bicyclic) bond motifs is 1. The first-order valence-corrected chi connectivity index (χ1v) is 9.60. The highest BCUT2D eigenvalue weighted by molar-refractivity contribution is 7.91. The van der Waals surface area contributed by atoms with Crippen LogP contribution in [0.25, 0.3) is 0 Å². The van der Waals surface area contributed by atoms with Gasteiger partial charge in [0, 0.05) is 0 Å². The van der Waals surface area contributed by atoms with Crippen LogP contribution < -0.4 is 0 Å². The highest BCUT2D eigenvalue weighted by atomic mass is 32.2. The summed E-state index contributed by atoms with van der Waals surface area (Å²) in [6.45, 7) is 0. The minimum absolute atomic E-state index is 0.0509. The Hall–Kier alpha value is -2.86. The molecule has 3 aromatic rings. The van der Waals surface area contributed by atoms with Crippen LogP contribution in [0.1, 0.15) is 16.7 Å². The number of aromatic hydroxyl groups is 2. The van der Waals surface area contributed by atoms with E-state index in [-0.39, 0.29) is 16.4 Å². The molecule has 3 aromatic carbocycles. The predicted molar refractivity (Wildman–Crippen MR) is 94.5 cm³/mol. The molecule has 6 heteroatoms. The fraction of sp³-hybridized carbons (Fsp3) is 0.100. The third kappa shape index (κ3) is 2.29. The van der Waals surface area contributed by atoms with Crippen molar-refractivity contribution in [2.24, 2.45) is 0 Å². The average molecular weight is 370 g/mol. The van der Waals surface area contributed by atoms with Gasteiger partial charge in [-0.05, 0) is 47.0 Å². The van der Waals surface area contributed by atoms with Crippen molar-refractivity contribution in [1.29, 1.82) is 0 Å².